The predicted octanol–water partition coefficient (Wildman–Crippen LogP) is 2.04. The molecule has 0 radical (unpaired) electrons. The van der Waals surface area contributed by atoms with E-state index in [1.165, 1.54) is 12.8 Å². The maximum absolute atomic E-state index is 5.64. The SMILES string of the molecule is NCCCCCCOc1cccc(CN)c1. The second-order valence-corrected chi connectivity index (χ2v) is 3.90. The van der Waals surface area contributed by atoms with Crippen LogP contribution >= 0.6 is 0 Å². The van der Waals surface area contributed by atoms with Gasteiger partial charge in [0.1, 0.15) is 5.75 Å². The lowest BCUT2D eigenvalue weighted by atomic mass is 10.2. The number of hydrogen-bond acceptors (Lipinski definition) is 3. The molecule has 0 amide bonds. The van der Waals surface area contributed by atoms with Gasteiger partial charge in [0.05, 0.1) is 6.61 Å². The monoisotopic (exact) mass is 222 g/mol. The molecule has 0 saturated heterocycles. The molecule has 4 N–H and O–H groups in total. The quantitative estimate of drug-likeness (QED) is 0.662. The van der Waals surface area contributed by atoms with E-state index in [0.717, 1.165) is 37.3 Å². The Bertz CT molecular complexity index is 289. The van der Waals surface area contributed by atoms with Crippen LogP contribution in [-0.2, 0) is 6.54 Å². The van der Waals surface area contributed by atoms with E-state index in [-0.39, 0.29) is 0 Å². The first-order valence-electron chi connectivity index (χ1n) is 5.98. The van der Waals surface area contributed by atoms with Crippen LogP contribution in [0, 0.1) is 0 Å². The Morgan fingerprint density at radius 2 is 1.81 bits per heavy atom. The van der Waals surface area contributed by atoms with Gasteiger partial charge >= 0.3 is 0 Å². The van der Waals surface area contributed by atoms with Crippen molar-refractivity contribution >= 4 is 0 Å². The molecule has 90 valence electrons. The van der Waals surface area contributed by atoms with Gasteiger partial charge in [-0.15, -0.1) is 0 Å². The van der Waals surface area contributed by atoms with Crippen molar-refractivity contribution in [2.45, 2.75) is 32.2 Å². The van der Waals surface area contributed by atoms with E-state index in [4.69, 9.17) is 16.2 Å². The van der Waals surface area contributed by atoms with Gasteiger partial charge in [0, 0.05) is 6.54 Å². The maximum Gasteiger partial charge on any atom is 0.119 e. The first-order valence-corrected chi connectivity index (χ1v) is 5.98. The molecular formula is C13H22N2O. The maximum atomic E-state index is 5.64. The van der Waals surface area contributed by atoms with Crippen molar-refractivity contribution in [1.82, 2.24) is 0 Å². The normalized spacial score (nSPS) is 10.4. The van der Waals surface area contributed by atoms with Gasteiger partial charge in [0.25, 0.3) is 0 Å². The molecule has 0 unspecified atom stereocenters. The Hall–Kier alpha value is -1.06. The Morgan fingerprint density at radius 1 is 1.00 bits per heavy atom. The molecular weight excluding hydrogens is 200 g/mol. The van der Waals surface area contributed by atoms with Crippen LogP contribution in [0.1, 0.15) is 31.2 Å². The zero-order valence-electron chi connectivity index (χ0n) is 9.82. The second-order valence-electron chi connectivity index (χ2n) is 3.90. The highest BCUT2D eigenvalue weighted by Gasteiger charge is 1.95. The van der Waals surface area contributed by atoms with E-state index in [0.29, 0.717) is 6.54 Å². The van der Waals surface area contributed by atoms with Crippen LogP contribution in [0.25, 0.3) is 0 Å². The molecule has 0 spiro atoms. The standard InChI is InChI=1S/C13H22N2O/c14-8-3-1-2-4-9-16-13-7-5-6-12(10-13)11-15/h5-7,10H,1-4,8-9,11,14-15H2. The molecule has 16 heavy (non-hydrogen) atoms. The minimum atomic E-state index is 0.563. The molecule has 0 aromatic heterocycles. The average Bonchev–Trinajstić information content (AvgIpc) is 2.34. The number of hydrogen-bond donors (Lipinski definition) is 2. The molecule has 1 rings (SSSR count). The second kappa shape index (κ2) is 8.13. The molecule has 0 saturated carbocycles. The van der Waals surface area contributed by atoms with Crippen molar-refractivity contribution in [3.63, 3.8) is 0 Å². The van der Waals surface area contributed by atoms with Gasteiger partial charge in [0.2, 0.25) is 0 Å². The third-order valence-electron chi connectivity index (χ3n) is 2.50. The lowest BCUT2D eigenvalue weighted by Gasteiger charge is -2.07. The number of rotatable bonds is 8. The summed E-state index contributed by atoms with van der Waals surface area (Å²) in [7, 11) is 0. The molecule has 1 aromatic rings. The smallest absolute Gasteiger partial charge is 0.119 e. The van der Waals surface area contributed by atoms with Crippen molar-refractivity contribution in [1.29, 1.82) is 0 Å². The van der Waals surface area contributed by atoms with Gasteiger partial charge in [-0.25, -0.2) is 0 Å². The summed E-state index contributed by atoms with van der Waals surface area (Å²) in [5, 5.41) is 0. The van der Waals surface area contributed by atoms with Crippen LogP contribution in [0.4, 0.5) is 0 Å². The van der Waals surface area contributed by atoms with Crippen molar-refractivity contribution in [3.05, 3.63) is 29.8 Å². The highest BCUT2D eigenvalue weighted by Crippen LogP contribution is 2.13. The van der Waals surface area contributed by atoms with E-state index in [1.807, 2.05) is 24.3 Å². The van der Waals surface area contributed by atoms with E-state index < -0.39 is 0 Å². The summed E-state index contributed by atoms with van der Waals surface area (Å²) in [6.07, 6.45) is 4.59. The Labute approximate surface area is 97.8 Å². The molecule has 3 heteroatoms. The summed E-state index contributed by atoms with van der Waals surface area (Å²) in [5.74, 6) is 0.918. The Kier molecular flexibility index (Phi) is 6.61. The van der Waals surface area contributed by atoms with Crippen LogP contribution in [0.5, 0.6) is 5.75 Å². The molecule has 0 aliphatic heterocycles. The van der Waals surface area contributed by atoms with Gasteiger partial charge in [-0.05, 0) is 37.1 Å². The van der Waals surface area contributed by atoms with E-state index >= 15 is 0 Å². The molecule has 3 nitrogen and oxygen atoms in total. The first-order chi connectivity index (χ1) is 7.86. The number of ether oxygens (including phenoxy) is 1. The van der Waals surface area contributed by atoms with Crippen LogP contribution < -0.4 is 16.2 Å². The third-order valence-corrected chi connectivity index (χ3v) is 2.50. The van der Waals surface area contributed by atoms with E-state index in [9.17, 15) is 0 Å². The predicted molar refractivity (Wildman–Crippen MR) is 67.4 cm³/mol. The number of nitrogens with two attached hydrogens (primary N) is 2. The topological polar surface area (TPSA) is 61.3 Å². The summed E-state index contributed by atoms with van der Waals surface area (Å²) < 4.78 is 5.64. The Morgan fingerprint density at radius 3 is 2.56 bits per heavy atom. The van der Waals surface area contributed by atoms with E-state index in [1.54, 1.807) is 0 Å². The number of unbranched alkanes of at least 4 members (excludes halogenated alkanes) is 3. The van der Waals surface area contributed by atoms with Gasteiger partial charge in [-0.1, -0.05) is 25.0 Å². The summed E-state index contributed by atoms with van der Waals surface area (Å²) in [5.41, 5.74) is 12.1. The van der Waals surface area contributed by atoms with Crippen molar-refractivity contribution in [3.8, 4) is 5.75 Å². The van der Waals surface area contributed by atoms with Crippen molar-refractivity contribution < 1.29 is 4.74 Å². The van der Waals surface area contributed by atoms with E-state index in [2.05, 4.69) is 0 Å². The third kappa shape index (κ3) is 5.14. The molecule has 0 fully saturated rings. The number of benzene rings is 1. The summed E-state index contributed by atoms with van der Waals surface area (Å²) in [6.45, 7) is 2.13. The van der Waals surface area contributed by atoms with Gasteiger partial charge in [0.15, 0.2) is 0 Å². The Balaban J connectivity index is 2.16. The highest BCUT2D eigenvalue weighted by atomic mass is 16.5. The molecule has 0 heterocycles. The summed E-state index contributed by atoms with van der Waals surface area (Å²) in [4.78, 5) is 0. The van der Waals surface area contributed by atoms with Gasteiger partial charge in [-0.3, -0.25) is 0 Å². The van der Waals surface area contributed by atoms with Crippen LogP contribution in [0.2, 0.25) is 0 Å². The average molecular weight is 222 g/mol. The molecule has 1 aromatic carbocycles. The van der Waals surface area contributed by atoms with Crippen molar-refractivity contribution in [2.24, 2.45) is 11.5 Å². The fraction of sp³-hybridized carbons (Fsp3) is 0.538. The molecule has 0 aliphatic rings. The minimum absolute atomic E-state index is 0.563. The zero-order chi connectivity index (χ0) is 11.6. The zero-order valence-corrected chi connectivity index (χ0v) is 9.82. The minimum Gasteiger partial charge on any atom is -0.494 e. The highest BCUT2D eigenvalue weighted by molar-refractivity contribution is 5.28. The van der Waals surface area contributed by atoms with Crippen molar-refractivity contribution in [2.75, 3.05) is 13.2 Å². The van der Waals surface area contributed by atoms with Gasteiger partial charge in [-0.2, -0.15) is 0 Å². The molecule has 0 atom stereocenters. The molecule has 0 bridgehead atoms. The van der Waals surface area contributed by atoms with Crippen LogP contribution in [0.3, 0.4) is 0 Å². The van der Waals surface area contributed by atoms with Gasteiger partial charge < -0.3 is 16.2 Å². The molecule has 0 aliphatic carbocycles. The van der Waals surface area contributed by atoms with Crippen LogP contribution in [0.15, 0.2) is 24.3 Å². The lowest BCUT2D eigenvalue weighted by molar-refractivity contribution is 0.304. The largest absolute Gasteiger partial charge is 0.494 e. The summed E-state index contributed by atoms with van der Waals surface area (Å²) >= 11 is 0. The fourth-order valence-electron chi connectivity index (χ4n) is 1.55. The lowest BCUT2D eigenvalue weighted by Crippen LogP contribution is -2.01. The summed E-state index contributed by atoms with van der Waals surface area (Å²) in [6, 6.07) is 7.96. The van der Waals surface area contributed by atoms with Crippen LogP contribution in [-0.4, -0.2) is 13.2 Å². The first kappa shape index (κ1) is 13.0. The fourth-order valence-corrected chi connectivity index (χ4v) is 1.55.